The third-order valence-electron chi connectivity index (χ3n) is 8.21. The van der Waals surface area contributed by atoms with Crippen molar-refractivity contribution >= 4 is 29.4 Å². The number of imide groups is 1. The molecule has 4 aliphatic carbocycles. The van der Waals surface area contributed by atoms with Crippen molar-refractivity contribution in [3.8, 4) is 0 Å². The minimum Gasteiger partial charge on any atom is -0.462 e. The van der Waals surface area contributed by atoms with Gasteiger partial charge >= 0.3 is 5.97 Å². The van der Waals surface area contributed by atoms with Gasteiger partial charge in [0, 0.05) is 6.54 Å². The number of anilines is 1. The Bertz CT molecular complexity index is 995. The number of benzene rings is 1. The summed E-state index contributed by atoms with van der Waals surface area (Å²) in [6, 6.07) is 5.41. The quantitative estimate of drug-likeness (QED) is 0.349. The summed E-state index contributed by atoms with van der Waals surface area (Å²) in [5.41, 5.74) is 0.355. The first-order chi connectivity index (χ1) is 16.3. The van der Waals surface area contributed by atoms with Crippen molar-refractivity contribution in [2.24, 2.45) is 23.2 Å². The normalized spacial score (nSPS) is 31.6. The highest BCUT2D eigenvalue weighted by molar-refractivity contribution is 6.23. The number of hydrogen-bond donors (Lipinski definition) is 0. The fraction of sp³-hybridized carbons (Fsp3) is 0.556. The SMILES string of the molecule is C=CCN(C(=O)C12CC3CC(CC(C3)C1)C2)C1CC(=O)N(c2ccc(C(=O)OCC)cc2)C1=O. The molecule has 1 saturated heterocycles. The van der Waals surface area contributed by atoms with E-state index in [1.54, 1.807) is 42.2 Å². The molecular weight excluding hydrogens is 432 g/mol. The van der Waals surface area contributed by atoms with E-state index < -0.39 is 23.3 Å². The second-order valence-electron chi connectivity index (χ2n) is 10.5. The summed E-state index contributed by atoms with van der Waals surface area (Å²) in [6.45, 7) is 6.06. The number of nitrogens with zero attached hydrogens (tertiary/aromatic N) is 2. The van der Waals surface area contributed by atoms with Crippen LogP contribution in [0.25, 0.3) is 0 Å². The van der Waals surface area contributed by atoms with Gasteiger partial charge in [-0.15, -0.1) is 6.58 Å². The van der Waals surface area contributed by atoms with E-state index >= 15 is 0 Å². The second kappa shape index (κ2) is 8.67. The summed E-state index contributed by atoms with van der Waals surface area (Å²) in [5, 5.41) is 0. The van der Waals surface area contributed by atoms with Crippen LogP contribution in [0.4, 0.5) is 5.69 Å². The van der Waals surface area contributed by atoms with Gasteiger partial charge in [0.15, 0.2) is 0 Å². The van der Waals surface area contributed by atoms with Crippen LogP contribution in [-0.2, 0) is 19.1 Å². The van der Waals surface area contributed by atoms with Crippen LogP contribution in [0.15, 0.2) is 36.9 Å². The lowest BCUT2D eigenvalue weighted by atomic mass is 9.49. The molecule has 0 spiro atoms. The number of amides is 3. The van der Waals surface area contributed by atoms with Crippen LogP contribution < -0.4 is 4.90 Å². The van der Waals surface area contributed by atoms with Crippen LogP contribution in [0.2, 0.25) is 0 Å². The molecule has 5 fully saturated rings. The molecule has 1 heterocycles. The van der Waals surface area contributed by atoms with E-state index in [1.807, 2.05) is 0 Å². The summed E-state index contributed by atoms with van der Waals surface area (Å²) < 4.78 is 5.00. The van der Waals surface area contributed by atoms with E-state index in [4.69, 9.17) is 4.74 Å². The van der Waals surface area contributed by atoms with Gasteiger partial charge in [-0.2, -0.15) is 0 Å². The highest BCUT2D eigenvalue weighted by atomic mass is 16.5. The van der Waals surface area contributed by atoms with Crippen LogP contribution in [-0.4, -0.2) is 47.8 Å². The number of carbonyl (C=O) groups excluding carboxylic acids is 4. The number of rotatable bonds is 7. The van der Waals surface area contributed by atoms with Crippen molar-refractivity contribution in [2.75, 3.05) is 18.1 Å². The summed E-state index contributed by atoms with van der Waals surface area (Å²) >= 11 is 0. The van der Waals surface area contributed by atoms with E-state index in [-0.39, 0.29) is 31.4 Å². The van der Waals surface area contributed by atoms with Gasteiger partial charge in [0.25, 0.3) is 5.91 Å². The van der Waals surface area contributed by atoms with Gasteiger partial charge in [0.2, 0.25) is 11.8 Å². The van der Waals surface area contributed by atoms with E-state index in [0.717, 1.165) is 24.2 Å². The Balaban J connectivity index is 1.38. The summed E-state index contributed by atoms with van der Waals surface area (Å²) in [7, 11) is 0. The molecule has 1 atom stereocenters. The minimum absolute atomic E-state index is 0.0251. The van der Waals surface area contributed by atoms with Crippen LogP contribution in [0.3, 0.4) is 0 Å². The lowest BCUT2D eigenvalue weighted by molar-refractivity contribution is -0.160. The van der Waals surface area contributed by atoms with Gasteiger partial charge in [0.05, 0.1) is 29.7 Å². The lowest BCUT2D eigenvalue weighted by Gasteiger charge is -2.56. The second-order valence-corrected chi connectivity index (χ2v) is 10.5. The highest BCUT2D eigenvalue weighted by Gasteiger charge is 2.57. The van der Waals surface area contributed by atoms with Crippen molar-refractivity contribution in [3.05, 3.63) is 42.5 Å². The summed E-state index contributed by atoms with van der Waals surface area (Å²) in [6.07, 6.45) is 7.99. The molecule has 0 radical (unpaired) electrons. The maximum absolute atomic E-state index is 14.0. The van der Waals surface area contributed by atoms with Crippen molar-refractivity contribution < 1.29 is 23.9 Å². The van der Waals surface area contributed by atoms with E-state index in [0.29, 0.717) is 29.0 Å². The number of carbonyl (C=O) groups is 4. The maximum Gasteiger partial charge on any atom is 0.338 e. The van der Waals surface area contributed by atoms with Gasteiger partial charge in [-0.05, 0) is 87.5 Å². The molecular formula is C27H32N2O5. The zero-order valence-corrected chi connectivity index (χ0v) is 19.7. The summed E-state index contributed by atoms with van der Waals surface area (Å²) in [5.74, 6) is 0.657. The Kier molecular flexibility index (Phi) is 5.82. The Morgan fingerprint density at radius 2 is 1.68 bits per heavy atom. The molecule has 34 heavy (non-hydrogen) atoms. The highest BCUT2D eigenvalue weighted by Crippen LogP contribution is 2.60. The Hall–Kier alpha value is -2.96. The molecule has 1 unspecified atom stereocenters. The fourth-order valence-electron chi connectivity index (χ4n) is 7.26. The monoisotopic (exact) mass is 464 g/mol. The third kappa shape index (κ3) is 3.75. The molecule has 1 aromatic carbocycles. The third-order valence-corrected chi connectivity index (χ3v) is 8.21. The van der Waals surface area contributed by atoms with Crippen LogP contribution >= 0.6 is 0 Å². The first-order valence-corrected chi connectivity index (χ1v) is 12.4. The molecule has 0 N–H and O–H groups in total. The predicted molar refractivity (Wildman–Crippen MR) is 126 cm³/mol. The zero-order valence-electron chi connectivity index (χ0n) is 19.7. The molecule has 6 rings (SSSR count). The smallest absolute Gasteiger partial charge is 0.338 e. The average molecular weight is 465 g/mol. The number of ether oxygens (including phenoxy) is 1. The topological polar surface area (TPSA) is 84.0 Å². The van der Waals surface area contributed by atoms with Gasteiger partial charge in [-0.25, -0.2) is 9.69 Å². The predicted octanol–water partition coefficient (Wildman–Crippen LogP) is 3.73. The van der Waals surface area contributed by atoms with E-state index in [2.05, 4.69) is 6.58 Å². The van der Waals surface area contributed by atoms with E-state index in [9.17, 15) is 19.2 Å². The Labute approximate surface area is 200 Å². The first kappa shape index (κ1) is 22.8. The van der Waals surface area contributed by atoms with Gasteiger partial charge < -0.3 is 9.64 Å². The average Bonchev–Trinajstić information content (AvgIpc) is 3.10. The zero-order chi connectivity index (χ0) is 24.0. The van der Waals surface area contributed by atoms with Crippen LogP contribution in [0.5, 0.6) is 0 Å². The van der Waals surface area contributed by atoms with Crippen LogP contribution in [0.1, 0.15) is 62.2 Å². The van der Waals surface area contributed by atoms with Crippen molar-refractivity contribution in [1.29, 1.82) is 0 Å². The molecule has 7 heteroatoms. The van der Waals surface area contributed by atoms with Gasteiger partial charge in [-0.1, -0.05) is 6.08 Å². The molecule has 7 nitrogen and oxygen atoms in total. The molecule has 5 aliphatic rings. The van der Waals surface area contributed by atoms with Crippen molar-refractivity contribution in [1.82, 2.24) is 4.90 Å². The number of esters is 1. The molecule has 4 bridgehead atoms. The van der Waals surface area contributed by atoms with Gasteiger partial charge in [0.1, 0.15) is 6.04 Å². The summed E-state index contributed by atoms with van der Waals surface area (Å²) in [4.78, 5) is 55.1. The van der Waals surface area contributed by atoms with Crippen molar-refractivity contribution in [2.45, 2.75) is 57.9 Å². The lowest BCUT2D eigenvalue weighted by Crippen LogP contribution is -2.57. The Morgan fingerprint density at radius 1 is 1.09 bits per heavy atom. The van der Waals surface area contributed by atoms with E-state index in [1.165, 1.54) is 19.3 Å². The van der Waals surface area contributed by atoms with Crippen molar-refractivity contribution in [3.63, 3.8) is 0 Å². The Morgan fingerprint density at radius 3 is 2.21 bits per heavy atom. The molecule has 3 amide bonds. The largest absolute Gasteiger partial charge is 0.462 e. The molecule has 1 aliphatic heterocycles. The molecule has 4 saturated carbocycles. The molecule has 1 aromatic rings. The molecule has 0 aromatic heterocycles. The number of hydrogen-bond acceptors (Lipinski definition) is 5. The standard InChI is InChI=1S/C27H32N2O5/c1-3-9-28(26(33)27-14-17-10-18(15-27)12-19(11-17)16-27)22-13-23(30)29(24(22)31)21-7-5-20(6-8-21)25(32)34-4-2/h3,5-8,17-19,22H,1,4,9-16H2,2H3. The van der Waals surface area contributed by atoms with Gasteiger partial charge in [-0.3, -0.25) is 14.4 Å². The first-order valence-electron chi connectivity index (χ1n) is 12.4. The fourth-order valence-corrected chi connectivity index (χ4v) is 7.26. The maximum atomic E-state index is 14.0. The van der Waals surface area contributed by atoms with Crippen LogP contribution in [0, 0.1) is 23.2 Å². The molecule has 180 valence electrons. The minimum atomic E-state index is -0.823.